The molecule has 1 aliphatic heterocycles. The Hall–Kier alpha value is -1.41. The van der Waals surface area contributed by atoms with Gasteiger partial charge in [0, 0.05) is 16.9 Å². The molecule has 1 aromatic carbocycles. The highest BCUT2D eigenvalue weighted by Crippen LogP contribution is 2.40. The molecule has 1 heterocycles. The number of hydrogen-bond acceptors (Lipinski definition) is 2. The molecule has 17 heavy (non-hydrogen) atoms. The van der Waals surface area contributed by atoms with Crippen molar-refractivity contribution < 1.29 is 0 Å². The van der Waals surface area contributed by atoms with Crippen LogP contribution in [0.1, 0.15) is 29.9 Å². The summed E-state index contributed by atoms with van der Waals surface area (Å²) < 4.78 is 0. The number of benzene rings is 1. The zero-order valence-corrected chi connectivity index (χ0v) is 10.3. The molecule has 0 saturated heterocycles. The summed E-state index contributed by atoms with van der Waals surface area (Å²) in [5.74, 6) is 1.44. The van der Waals surface area contributed by atoms with Crippen LogP contribution in [0.5, 0.6) is 0 Å². The number of allylic oxidation sites excluding steroid dienone is 1. The number of hydrogen-bond donors (Lipinski definition) is 2. The van der Waals surface area contributed by atoms with Crippen molar-refractivity contribution in [1.29, 1.82) is 0 Å². The molecule has 0 aromatic heterocycles. The average molecular weight is 247 g/mol. The van der Waals surface area contributed by atoms with E-state index in [-0.39, 0.29) is 0 Å². The second kappa shape index (κ2) is 4.11. The van der Waals surface area contributed by atoms with Gasteiger partial charge >= 0.3 is 0 Å². The summed E-state index contributed by atoms with van der Waals surface area (Å²) in [6.07, 6.45) is 5.32. The Labute approximate surface area is 106 Å². The molecule has 1 aliphatic carbocycles. The zero-order chi connectivity index (χ0) is 11.8. The molecule has 2 N–H and O–H groups in total. The number of fused-ring (bicyclic) bond motifs is 1. The molecule has 0 amide bonds. The van der Waals surface area contributed by atoms with E-state index < -0.39 is 0 Å². The molecule has 0 bridgehead atoms. The van der Waals surface area contributed by atoms with Gasteiger partial charge in [-0.2, -0.15) is 0 Å². The summed E-state index contributed by atoms with van der Waals surface area (Å²) in [5.41, 5.74) is 3.97. The fourth-order valence-electron chi connectivity index (χ4n) is 2.72. The lowest BCUT2D eigenvalue weighted by atomic mass is 9.96. The zero-order valence-electron chi connectivity index (χ0n) is 9.59. The normalized spacial score (nSPS) is 21.8. The standard InChI is InChI=1S/C14H15ClN2/c1-9-16-8-11(17-9)7-10-5-6-13-12(10)3-2-4-14(13)15/h2-4,8,10,16-17H,1,5-7H2. The van der Waals surface area contributed by atoms with Crippen LogP contribution in [0, 0.1) is 0 Å². The first-order chi connectivity index (χ1) is 8.24. The van der Waals surface area contributed by atoms with Crippen LogP contribution >= 0.6 is 11.6 Å². The molecule has 1 atom stereocenters. The number of rotatable bonds is 2. The van der Waals surface area contributed by atoms with Gasteiger partial charge in [-0.1, -0.05) is 30.3 Å². The highest BCUT2D eigenvalue weighted by atomic mass is 35.5. The van der Waals surface area contributed by atoms with Crippen LogP contribution in [0.15, 0.2) is 42.5 Å². The van der Waals surface area contributed by atoms with E-state index in [0.717, 1.165) is 23.7 Å². The van der Waals surface area contributed by atoms with Crippen molar-refractivity contribution >= 4 is 11.6 Å². The topological polar surface area (TPSA) is 24.1 Å². The highest BCUT2D eigenvalue weighted by Gasteiger charge is 2.25. The first-order valence-electron chi connectivity index (χ1n) is 5.93. The van der Waals surface area contributed by atoms with Gasteiger partial charge in [-0.15, -0.1) is 0 Å². The molecule has 3 heteroatoms. The molecule has 0 saturated carbocycles. The van der Waals surface area contributed by atoms with E-state index in [0.29, 0.717) is 5.92 Å². The third-order valence-electron chi connectivity index (χ3n) is 3.54. The quantitative estimate of drug-likeness (QED) is 0.837. The summed E-state index contributed by atoms with van der Waals surface area (Å²) in [4.78, 5) is 0. The smallest absolute Gasteiger partial charge is 0.0995 e. The molecule has 1 unspecified atom stereocenters. The Morgan fingerprint density at radius 1 is 1.41 bits per heavy atom. The lowest BCUT2D eigenvalue weighted by Gasteiger charge is -2.12. The minimum atomic E-state index is 0.579. The van der Waals surface area contributed by atoms with Gasteiger partial charge < -0.3 is 10.6 Å². The predicted octanol–water partition coefficient (Wildman–Crippen LogP) is 3.27. The molecule has 0 radical (unpaired) electrons. The summed E-state index contributed by atoms with van der Waals surface area (Å²) in [5, 5.41) is 7.25. The largest absolute Gasteiger partial charge is 0.347 e. The monoisotopic (exact) mass is 246 g/mol. The Balaban J connectivity index is 1.80. The van der Waals surface area contributed by atoms with Gasteiger partial charge in [0.25, 0.3) is 0 Å². The van der Waals surface area contributed by atoms with E-state index in [4.69, 9.17) is 11.6 Å². The first kappa shape index (κ1) is 10.7. The summed E-state index contributed by atoms with van der Waals surface area (Å²) in [7, 11) is 0. The van der Waals surface area contributed by atoms with Crippen molar-refractivity contribution in [3.63, 3.8) is 0 Å². The van der Waals surface area contributed by atoms with Crippen molar-refractivity contribution in [3.05, 3.63) is 58.6 Å². The van der Waals surface area contributed by atoms with Crippen molar-refractivity contribution in [2.75, 3.05) is 0 Å². The van der Waals surface area contributed by atoms with E-state index in [2.05, 4.69) is 23.3 Å². The van der Waals surface area contributed by atoms with Gasteiger partial charge in [0.1, 0.15) is 0 Å². The maximum Gasteiger partial charge on any atom is 0.0995 e. The van der Waals surface area contributed by atoms with Crippen LogP contribution < -0.4 is 10.6 Å². The minimum absolute atomic E-state index is 0.579. The molecule has 1 aromatic rings. The molecular weight excluding hydrogens is 232 g/mol. The molecular formula is C14H15ClN2. The lowest BCUT2D eigenvalue weighted by molar-refractivity contribution is 0.653. The van der Waals surface area contributed by atoms with Crippen LogP contribution in [-0.4, -0.2) is 0 Å². The van der Waals surface area contributed by atoms with Crippen molar-refractivity contribution in [2.45, 2.75) is 25.2 Å². The Bertz CT molecular complexity index is 505. The Kier molecular flexibility index (Phi) is 2.60. The summed E-state index contributed by atoms with van der Waals surface area (Å²) in [6.45, 7) is 3.84. The minimum Gasteiger partial charge on any atom is -0.347 e. The lowest BCUT2D eigenvalue weighted by Crippen LogP contribution is -2.11. The van der Waals surface area contributed by atoms with E-state index in [1.807, 2.05) is 18.3 Å². The average Bonchev–Trinajstić information content (AvgIpc) is 2.88. The van der Waals surface area contributed by atoms with Crippen LogP contribution in [0.25, 0.3) is 0 Å². The van der Waals surface area contributed by atoms with Gasteiger partial charge in [-0.05, 0) is 42.4 Å². The van der Waals surface area contributed by atoms with E-state index in [1.165, 1.54) is 23.2 Å². The summed E-state index contributed by atoms with van der Waals surface area (Å²) in [6, 6.07) is 6.24. The van der Waals surface area contributed by atoms with Crippen LogP contribution in [0.2, 0.25) is 5.02 Å². The summed E-state index contributed by atoms with van der Waals surface area (Å²) >= 11 is 6.22. The van der Waals surface area contributed by atoms with Crippen LogP contribution in [0.4, 0.5) is 0 Å². The second-order valence-electron chi connectivity index (χ2n) is 4.66. The van der Waals surface area contributed by atoms with E-state index >= 15 is 0 Å². The maximum atomic E-state index is 6.22. The number of nitrogens with one attached hydrogen (secondary N) is 2. The molecule has 2 aliphatic rings. The predicted molar refractivity (Wildman–Crippen MR) is 70.6 cm³/mol. The second-order valence-corrected chi connectivity index (χ2v) is 5.07. The van der Waals surface area contributed by atoms with Gasteiger partial charge in [-0.25, -0.2) is 0 Å². The maximum absolute atomic E-state index is 6.22. The molecule has 88 valence electrons. The highest BCUT2D eigenvalue weighted by molar-refractivity contribution is 6.31. The third kappa shape index (κ3) is 1.93. The number of halogens is 1. The van der Waals surface area contributed by atoms with Gasteiger partial charge in [0.15, 0.2) is 0 Å². The van der Waals surface area contributed by atoms with Crippen LogP contribution in [0.3, 0.4) is 0 Å². The molecule has 3 rings (SSSR count). The van der Waals surface area contributed by atoms with Crippen molar-refractivity contribution in [2.24, 2.45) is 0 Å². The van der Waals surface area contributed by atoms with Gasteiger partial charge in [0.2, 0.25) is 0 Å². The van der Waals surface area contributed by atoms with Crippen molar-refractivity contribution in [3.8, 4) is 0 Å². The van der Waals surface area contributed by atoms with Crippen LogP contribution in [-0.2, 0) is 6.42 Å². The van der Waals surface area contributed by atoms with E-state index in [1.54, 1.807) is 0 Å². The van der Waals surface area contributed by atoms with Gasteiger partial charge in [-0.3, -0.25) is 0 Å². The Morgan fingerprint density at radius 3 is 3.06 bits per heavy atom. The SMILES string of the molecule is C=C1NC=C(CC2CCc3c(Cl)cccc32)N1. The Morgan fingerprint density at radius 2 is 2.29 bits per heavy atom. The van der Waals surface area contributed by atoms with Gasteiger partial charge in [0.05, 0.1) is 5.82 Å². The fraction of sp³-hybridized carbons (Fsp3) is 0.286. The molecule has 2 nitrogen and oxygen atoms in total. The third-order valence-corrected chi connectivity index (χ3v) is 3.89. The first-order valence-corrected chi connectivity index (χ1v) is 6.30. The molecule has 0 spiro atoms. The molecule has 0 fully saturated rings. The van der Waals surface area contributed by atoms with E-state index in [9.17, 15) is 0 Å². The fourth-order valence-corrected chi connectivity index (χ4v) is 3.00. The van der Waals surface area contributed by atoms with Crippen molar-refractivity contribution in [1.82, 2.24) is 10.6 Å².